The number of methoxy groups -OCH3 is 2. The fourth-order valence-corrected chi connectivity index (χ4v) is 12.9. The topological polar surface area (TPSA) is 213 Å². The second kappa shape index (κ2) is 17.4. The number of aryl methyl sites for hydroxylation is 1. The van der Waals surface area contributed by atoms with Crippen molar-refractivity contribution in [1.82, 2.24) is 15.5 Å². The molecule has 0 saturated carbocycles. The maximum absolute atomic E-state index is 15.2. The Balaban J connectivity index is 1.28. The molecule has 7 heterocycles. The van der Waals surface area contributed by atoms with Gasteiger partial charge in [0.25, 0.3) is 0 Å². The standard InChI is InChI=1S/C49H56N4O13S/c1-10-11-33(55)65-32-15-25-12-13-51-49(28(25)17-31(32)59-8)20-67-46-37-36(45-44(62-21-63-45)23(3)43(37)64-24(4)54)30(19-61-47(49)58)53-29(18-50)38-27(16-34(56)66-48(5,6)7)26-14-22(2)42(60-9)41(57)35(26)39(52-38)40(46)53/h14-15,17,27,29-30,38-40,46,51-52,57H,10-13,16,19-21H2,1-9H3/t27?,29-,30-,38-,39+,40?,46+,49+/m0/s1. The first-order valence-corrected chi connectivity index (χ1v) is 23.7. The average Bonchev–Trinajstić information content (AvgIpc) is 3.77. The number of carbonyl (C=O) groups is 4. The molecule has 8 atom stereocenters. The lowest BCUT2D eigenvalue weighted by Gasteiger charge is -2.60. The Morgan fingerprint density at radius 1 is 1.00 bits per heavy atom. The number of benzene rings is 3. The number of nitriles is 1. The van der Waals surface area contributed by atoms with E-state index in [0.29, 0.717) is 69.8 Å². The molecule has 0 amide bonds. The first kappa shape index (κ1) is 46.4. The lowest BCUT2D eigenvalue weighted by molar-refractivity contribution is -0.158. The van der Waals surface area contributed by atoms with Gasteiger partial charge in [-0.2, -0.15) is 5.26 Å². The molecule has 4 bridgehead atoms. The number of ether oxygens (including phenoxy) is 8. The van der Waals surface area contributed by atoms with Crippen molar-refractivity contribution in [3.05, 3.63) is 62.7 Å². The first-order valence-electron chi connectivity index (χ1n) is 22.6. The molecule has 1 spiro atoms. The molecular weight excluding hydrogens is 885 g/mol. The predicted molar refractivity (Wildman–Crippen MR) is 242 cm³/mol. The van der Waals surface area contributed by atoms with E-state index < -0.39 is 76.4 Å². The molecule has 7 aliphatic heterocycles. The molecule has 18 heteroatoms. The monoisotopic (exact) mass is 940 g/mol. The molecule has 7 aliphatic rings. The zero-order valence-electron chi connectivity index (χ0n) is 39.1. The third kappa shape index (κ3) is 7.58. The zero-order chi connectivity index (χ0) is 47.9. The van der Waals surface area contributed by atoms with Gasteiger partial charge in [-0.05, 0) is 81.8 Å². The SMILES string of the molecule is CCCC(=O)Oc1cc2c(cc1OC)[C@@]1(CS[C@@H]3c4c(OC(C)=O)c(C)c5c(c4[C@H](COC1=O)N1C3[C@@H]3N[C@@H](C(CC(=O)OC(C)(C)C)c4cc(C)c(OC)c(O)c43)[C@@H]1C#N)OCO5)NCC2. The van der Waals surface area contributed by atoms with Crippen molar-refractivity contribution >= 4 is 35.6 Å². The number of hydrogen-bond donors (Lipinski definition) is 3. The fraction of sp³-hybridized carbons (Fsp3) is 0.531. The molecule has 2 fully saturated rings. The smallest absolute Gasteiger partial charge is 0.331 e. The minimum Gasteiger partial charge on any atom is -0.504 e. The Kier molecular flexibility index (Phi) is 12.0. The van der Waals surface area contributed by atoms with Gasteiger partial charge in [0.1, 0.15) is 24.0 Å². The van der Waals surface area contributed by atoms with Gasteiger partial charge in [-0.15, -0.1) is 11.8 Å². The third-order valence-corrected chi connectivity index (χ3v) is 15.1. The van der Waals surface area contributed by atoms with Crippen LogP contribution in [0.2, 0.25) is 0 Å². The van der Waals surface area contributed by atoms with E-state index >= 15 is 4.79 Å². The molecule has 2 saturated heterocycles. The molecule has 0 aromatic heterocycles. The number of phenolic OH excluding ortho intramolecular Hbond substituents is 1. The highest BCUT2D eigenvalue weighted by molar-refractivity contribution is 7.99. The number of thioether (sulfide) groups is 1. The summed E-state index contributed by atoms with van der Waals surface area (Å²) in [6.45, 7) is 12.1. The van der Waals surface area contributed by atoms with Crippen LogP contribution in [0.1, 0.15) is 122 Å². The van der Waals surface area contributed by atoms with Crippen molar-refractivity contribution in [2.24, 2.45) is 0 Å². The molecule has 17 nitrogen and oxygen atoms in total. The molecular formula is C49H56N4O13S. The van der Waals surface area contributed by atoms with Gasteiger partial charge in [0.2, 0.25) is 6.79 Å². The first-order chi connectivity index (χ1) is 32.0. The number of rotatable bonds is 8. The van der Waals surface area contributed by atoms with Crippen LogP contribution < -0.4 is 39.1 Å². The van der Waals surface area contributed by atoms with Gasteiger partial charge in [-0.3, -0.25) is 24.6 Å². The molecule has 356 valence electrons. The highest BCUT2D eigenvalue weighted by atomic mass is 32.2. The summed E-state index contributed by atoms with van der Waals surface area (Å²) in [5, 5.41) is 30.5. The summed E-state index contributed by atoms with van der Waals surface area (Å²) in [5.41, 5.74) is 2.54. The molecule has 0 radical (unpaired) electrons. The maximum atomic E-state index is 15.2. The maximum Gasteiger partial charge on any atom is 0.331 e. The van der Waals surface area contributed by atoms with Crippen molar-refractivity contribution in [3.63, 3.8) is 0 Å². The number of phenols is 1. The van der Waals surface area contributed by atoms with Gasteiger partial charge in [-0.25, -0.2) is 4.79 Å². The minimum atomic E-state index is -1.47. The summed E-state index contributed by atoms with van der Waals surface area (Å²) in [6, 6.07) is 3.93. The summed E-state index contributed by atoms with van der Waals surface area (Å²) in [7, 11) is 2.95. The minimum absolute atomic E-state index is 0.0494. The number of nitrogens with zero attached hydrogens (tertiary/aromatic N) is 2. The van der Waals surface area contributed by atoms with Crippen LogP contribution in [-0.4, -0.2) is 97.5 Å². The van der Waals surface area contributed by atoms with E-state index in [2.05, 4.69) is 16.7 Å². The van der Waals surface area contributed by atoms with Crippen LogP contribution in [0.25, 0.3) is 0 Å². The lowest BCUT2D eigenvalue weighted by Crippen LogP contribution is -2.70. The van der Waals surface area contributed by atoms with Gasteiger partial charge < -0.3 is 48.3 Å². The number of fused-ring (bicyclic) bond motifs is 9. The lowest BCUT2D eigenvalue weighted by atomic mass is 9.68. The summed E-state index contributed by atoms with van der Waals surface area (Å²) >= 11 is 1.40. The summed E-state index contributed by atoms with van der Waals surface area (Å²) in [5.74, 6) is -1.02. The van der Waals surface area contributed by atoms with Crippen molar-refractivity contribution in [2.45, 2.75) is 127 Å². The van der Waals surface area contributed by atoms with Crippen molar-refractivity contribution in [3.8, 4) is 46.3 Å². The van der Waals surface area contributed by atoms with E-state index in [4.69, 9.17) is 37.9 Å². The van der Waals surface area contributed by atoms with E-state index in [1.54, 1.807) is 39.8 Å². The third-order valence-electron chi connectivity index (χ3n) is 13.7. The van der Waals surface area contributed by atoms with Gasteiger partial charge in [-0.1, -0.05) is 13.0 Å². The molecule has 2 unspecified atom stereocenters. The van der Waals surface area contributed by atoms with Gasteiger partial charge in [0.15, 0.2) is 40.0 Å². The number of piperazine rings is 1. The second-order valence-electron chi connectivity index (χ2n) is 18.9. The van der Waals surface area contributed by atoms with E-state index in [1.165, 1.54) is 32.9 Å². The fourth-order valence-electron chi connectivity index (χ4n) is 11.2. The molecule has 67 heavy (non-hydrogen) atoms. The Bertz CT molecular complexity index is 2620. The highest BCUT2D eigenvalue weighted by Gasteiger charge is 2.62. The number of carbonyl (C=O) groups excluding carboxylic acids is 4. The van der Waals surface area contributed by atoms with Crippen LogP contribution in [0.4, 0.5) is 0 Å². The van der Waals surface area contributed by atoms with E-state index in [-0.39, 0.29) is 60.7 Å². The zero-order valence-corrected chi connectivity index (χ0v) is 39.9. The summed E-state index contributed by atoms with van der Waals surface area (Å²) < 4.78 is 48.3. The number of esters is 4. The predicted octanol–water partition coefficient (Wildman–Crippen LogP) is 5.92. The number of nitrogens with one attached hydrogen (secondary N) is 2. The van der Waals surface area contributed by atoms with Gasteiger partial charge in [0.05, 0.1) is 44.0 Å². The van der Waals surface area contributed by atoms with Crippen LogP contribution >= 0.6 is 11.8 Å². The summed E-state index contributed by atoms with van der Waals surface area (Å²) in [6.07, 6.45) is 1.20. The Morgan fingerprint density at radius 3 is 2.45 bits per heavy atom. The van der Waals surface area contributed by atoms with Gasteiger partial charge >= 0.3 is 23.9 Å². The van der Waals surface area contributed by atoms with E-state index in [1.807, 2.05) is 24.8 Å². The molecule has 10 rings (SSSR count). The van der Waals surface area contributed by atoms with Crippen LogP contribution in [0.15, 0.2) is 18.2 Å². The molecule has 3 aromatic rings. The Hall–Kier alpha value is -5.74. The van der Waals surface area contributed by atoms with Crippen molar-refractivity contribution < 1.29 is 62.2 Å². The van der Waals surface area contributed by atoms with Crippen LogP contribution in [-0.2, 0) is 40.6 Å². The van der Waals surface area contributed by atoms with Crippen molar-refractivity contribution in [1.29, 1.82) is 5.26 Å². The number of hydrogen-bond acceptors (Lipinski definition) is 18. The largest absolute Gasteiger partial charge is 0.504 e. The van der Waals surface area contributed by atoms with Crippen LogP contribution in [0, 0.1) is 25.2 Å². The Labute approximate surface area is 393 Å². The van der Waals surface area contributed by atoms with E-state index in [9.17, 15) is 24.8 Å². The number of aromatic hydroxyl groups is 1. The highest BCUT2D eigenvalue weighted by Crippen LogP contribution is 2.64. The molecule has 3 aromatic carbocycles. The van der Waals surface area contributed by atoms with E-state index in [0.717, 1.165) is 5.56 Å². The van der Waals surface area contributed by atoms with Crippen LogP contribution in [0.3, 0.4) is 0 Å². The van der Waals surface area contributed by atoms with Crippen LogP contribution in [0.5, 0.6) is 40.2 Å². The second-order valence-corrected chi connectivity index (χ2v) is 20.0. The van der Waals surface area contributed by atoms with Gasteiger partial charge in [0, 0.05) is 65.9 Å². The normalized spacial score (nSPS) is 26.7. The summed E-state index contributed by atoms with van der Waals surface area (Å²) in [4.78, 5) is 56.9. The van der Waals surface area contributed by atoms with Crippen molar-refractivity contribution in [2.75, 3.05) is 39.9 Å². The molecule has 3 N–H and O–H groups in total. The average molecular weight is 941 g/mol. The quantitative estimate of drug-likeness (QED) is 0.177. The molecule has 0 aliphatic carbocycles. The Morgan fingerprint density at radius 2 is 1.76 bits per heavy atom.